The predicted octanol–water partition coefficient (Wildman–Crippen LogP) is 2.67. The van der Waals surface area contributed by atoms with Gasteiger partial charge in [-0.2, -0.15) is 0 Å². The molecule has 1 N–H and O–H groups in total. The lowest BCUT2D eigenvalue weighted by Gasteiger charge is -2.24. The van der Waals surface area contributed by atoms with E-state index in [-0.39, 0.29) is 5.91 Å². The number of amides is 1. The summed E-state index contributed by atoms with van der Waals surface area (Å²) in [7, 11) is 2.12. The molecule has 0 aliphatic rings. The van der Waals surface area contributed by atoms with Crippen LogP contribution in [-0.4, -0.2) is 50.4 Å². The van der Waals surface area contributed by atoms with Gasteiger partial charge in [-0.15, -0.1) is 5.10 Å². The van der Waals surface area contributed by atoms with Crippen molar-refractivity contribution in [3.63, 3.8) is 0 Å². The zero-order valence-electron chi connectivity index (χ0n) is 16.7. The van der Waals surface area contributed by atoms with Gasteiger partial charge in [0.25, 0.3) is 5.91 Å². The van der Waals surface area contributed by atoms with Gasteiger partial charge in [0.15, 0.2) is 5.69 Å². The molecule has 7 heteroatoms. The number of rotatable bonds is 10. The highest BCUT2D eigenvalue weighted by atomic mass is 16.2. The number of likely N-dealkylation sites (N-methyl/N-ethyl adjacent to an activating group) is 1. The third kappa shape index (κ3) is 7.30. The molecule has 0 unspecified atom stereocenters. The smallest absolute Gasteiger partial charge is 0.273 e. The zero-order chi connectivity index (χ0) is 19.6. The van der Waals surface area contributed by atoms with Crippen LogP contribution in [0.2, 0.25) is 0 Å². The van der Waals surface area contributed by atoms with E-state index in [1.54, 1.807) is 23.3 Å². The fourth-order valence-corrected chi connectivity index (χ4v) is 2.60. The summed E-state index contributed by atoms with van der Waals surface area (Å²) in [6, 6.07) is 4.23. The first-order chi connectivity index (χ1) is 13.0. The van der Waals surface area contributed by atoms with Gasteiger partial charge in [-0.25, -0.2) is 0 Å². The highest BCUT2D eigenvalue weighted by Gasteiger charge is 2.12. The molecule has 0 aliphatic carbocycles. The third-order valence-electron chi connectivity index (χ3n) is 4.54. The van der Waals surface area contributed by atoms with Crippen molar-refractivity contribution in [2.24, 2.45) is 0 Å². The van der Waals surface area contributed by atoms with Crippen LogP contribution in [0.1, 0.15) is 49.7 Å². The average molecular weight is 371 g/mol. The number of hydrogen-bond acceptors (Lipinski definition) is 5. The summed E-state index contributed by atoms with van der Waals surface area (Å²) < 4.78 is 1.72. The molecule has 0 aromatic carbocycles. The Bertz CT molecular complexity index is 736. The topological polar surface area (TPSA) is 75.9 Å². The molecule has 7 nitrogen and oxygen atoms in total. The van der Waals surface area contributed by atoms with E-state index in [0.717, 1.165) is 24.9 Å². The van der Waals surface area contributed by atoms with Gasteiger partial charge in [-0.3, -0.25) is 14.5 Å². The third-order valence-corrected chi connectivity index (χ3v) is 4.54. The first-order valence-electron chi connectivity index (χ1n) is 9.36. The molecule has 2 aromatic heterocycles. The number of nitrogens with zero attached hydrogens (tertiary/aromatic N) is 5. The Labute approximate surface area is 161 Å². The van der Waals surface area contributed by atoms with Gasteiger partial charge < -0.3 is 10.2 Å². The number of nitrogens with one attached hydrogen (secondary N) is 1. The van der Waals surface area contributed by atoms with E-state index in [1.165, 1.54) is 5.57 Å². The lowest BCUT2D eigenvalue weighted by atomic mass is 10.1. The number of carbonyl (C=O) groups is 1. The second kappa shape index (κ2) is 10.6. The van der Waals surface area contributed by atoms with Crippen molar-refractivity contribution in [1.29, 1.82) is 0 Å². The molecule has 0 bridgehead atoms. The van der Waals surface area contributed by atoms with Gasteiger partial charge in [0.2, 0.25) is 0 Å². The zero-order valence-corrected chi connectivity index (χ0v) is 16.7. The van der Waals surface area contributed by atoms with Crippen LogP contribution >= 0.6 is 0 Å². The fraction of sp³-hybridized carbons (Fsp3) is 0.500. The summed E-state index contributed by atoms with van der Waals surface area (Å²) in [5.41, 5.74) is 2.69. The highest BCUT2D eigenvalue weighted by molar-refractivity contribution is 5.91. The van der Waals surface area contributed by atoms with Gasteiger partial charge in [0, 0.05) is 31.5 Å². The van der Waals surface area contributed by atoms with Crippen LogP contribution in [-0.2, 0) is 13.1 Å². The first-order valence-corrected chi connectivity index (χ1v) is 9.36. The Kier molecular flexibility index (Phi) is 8.13. The number of carbonyl (C=O) groups excluding carboxylic acids is 1. The molecule has 0 saturated heterocycles. The standard InChI is InChI=1S/C20H30N6O/c1-16(2)6-5-7-17(3)25(4)12-13-26-15-19(23-24-26)20(27)22-14-18-8-10-21-11-9-18/h6,8-11,15,17H,5,7,12-14H2,1-4H3,(H,22,27)/t17-/m1/s1. The van der Waals surface area contributed by atoms with Crippen molar-refractivity contribution in [3.05, 3.63) is 53.6 Å². The Balaban J connectivity index is 1.76. The molecular formula is C20H30N6O. The van der Waals surface area contributed by atoms with E-state index in [9.17, 15) is 4.79 Å². The molecule has 1 atom stereocenters. The molecule has 27 heavy (non-hydrogen) atoms. The number of allylic oxidation sites excluding steroid dienone is 2. The maximum absolute atomic E-state index is 12.2. The van der Waals surface area contributed by atoms with Crippen molar-refractivity contribution in [3.8, 4) is 0 Å². The van der Waals surface area contributed by atoms with Crippen LogP contribution in [0.5, 0.6) is 0 Å². The predicted molar refractivity (Wildman–Crippen MR) is 106 cm³/mol. The molecule has 0 saturated carbocycles. The molecule has 2 aromatic rings. The Hall–Kier alpha value is -2.54. The second-order valence-electron chi connectivity index (χ2n) is 7.09. The molecule has 0 spiro atoms. The van der Waals surface area contributed by atoms with Crippen molar-refractivity contribution in [2.75, 3.05) is 13.6 Å². The van der Waals surface area contributed by atoms with E-state index in [4.69, 9.17) is 0 Å². The van der Waals surface area contributed by atoms with Crippen molar-refractivity contribution >= 4 is 5.91 Å². The van der Waals surface area contributed by atoms with Gasteiger partial charge in [-0.05, 0) is 58.4 Å². The summed E-state index contributed by atoms with van der Waals surface area (Å²) in [6.07, 6.45) is 9.60. The van der Waals surface area contributed by atoms with Gasteiger partial charge in [0.1, 0.15) is 0 Å². The lowest BCUT2D eigenvalue weighted by Crippen LogP contribution is -2.32. The molecular weight excluding hydrogens is 340 g/mol. The van der Waals surface area contributed by atoms with Crippen molar-refractivity contribution in [2.45, 2.75) is 52.7 Å². The van der Waals surface area contributed by atoms with Crippen LogP contribution in [0.25, 0.3) is 0 Å². The quantitative estimate of drug-likeness (QED) is 0.651. The summed E-state index contributed by atoms with van der Waals surface area (Å²) >= 11 is 0. The normalized spacial score (nSPS) is 12.0. The maximum Gasteiger partial charge on any atom is 0.273 e. The summed E-state index contributed by atoms with van der Waals surface area (Å²) in [5, 5.41) is 10.9. The maximum atomic E-state index is 12.2. The van der Waals surface area contributed by atoms with Crippen LogP contribution in [0.4, 0.5) is 0 Å². The SMILES string of the molecule is CC(C)=CCC[C@@H](C)N(C)CCn1cc(C(=O)NCc2ccncc2)nn1. The highest BCUT2D eigenvalue weighted by Crippen LogP contribution is 2.07. The summed E-state index contributed by atoms with van der Waals surface area (Å²) in [4.78, 5) is 18.5. The monoisotopic (exact) mass is 370 g/mol. The minimum Gasteiger partial charge on any atom is -0.347 e. The minimum atomic E-state index is -0.221. The van der Waals surface area contributed by atoms with Crippen molar-refractivity contribution in [1.82, 2.24) is 30.2 Å². The fourth-order valence-electron chi connectivity index (χ4n) is 2.60. The van der Waals surface area contributed by atoms with E-state index in [0.29, 0.717) is 24.8 Å². The van der Waals surface area contributed by atoms with Crippen LogP contribution < -0.4 is 5.32 Å². The molecule has 2 heterocycles. The van der Waals surface area contributed by atoms with E-state index >= 15 is 0 Å². The summed E-state index contributed by atoms with van der Waals surface area (Å²) in [5.74, 6) is -0.221. The van der Waals surface area contributed by atoms with Crippen LogP contribution in [0, 0.1) is 0 Å². The van der Waals surface area contributed by atoms with Gasteiger partial charge >= 0.3 is 0 Å². The average Bonchev–Trinajstić information content (AvgIpc) is 3.13. The molecule has 0 aliphatic heterocycles. The Morgan fingerprint density at radius 3 is 2.78 bits per heavy atom. The van der Waals surface area contributed by atoms with E-state index in [1.807, 2.05) is 12.1 Å². The Morgan fingerprint density at radius 1 is 1.33 bits per heavy atom. The van der Waals surface area contributed by atoms with Crippen molar-refractivity contribution < 1.29 is 4.79 Å². The minimum absolute atomic E-state index is 0.221. The van der Waals surface area contributed by atoms with E-state index < -0.39 is 0 Å². The molecule has 1 amide bonds. The first kappa shape index (κ1) is 20.8. The van der Waals surface area contributed by atoms with Gasteiger partial charge in [0.05, 0.1) is 12.7 Å². The molecule has 2 rings (SSSR count). The largest absolute Gasteiger partial charge is 0.347 e. The van der Waals surface area contributed by atoms with Crippen LogP contribution in [0.15, 0.2) is 42.4 Å². The van der Waals surface area contributed by atoms with Gasteiger partial charge in [-0.1, -0.05) is 16.9 Å². The molecule has 0 radical (unpaired) electrons. The number of aromatic nitrogens is 4. The second-order valence-corrected chi connectivity index (χ2v) is 7.09. The number of hydrogen-bond donors (Lipinski definition) is 1. The van der Waals surface area contributed by atoms with Crippen LogP contribution in [0.3, 0.4) is 0 Å². The lowest BCUT2D eigenvalue weighted by molar-refractivity contribution is 0.0946. The molecule has 146 valence electrons. The number of pyridine rings is 1. The van der Waals surface area contributed by atoms with E-state index in [2.05, 4.69) is 59.4 Å². The Morgan fingerprint density at radius 2 is 2.07 bits per heavy atom. The summed E-state index contributed by atoms with van der Waals surface area (Å²) in [6.45, 7) is 8.50. The molecule has 0 fully saturated rings.